The van der Waals surface area contributed by atoms with Gasteiger partial charge in [0.05, 0.1) is 21.9 Å². The number of imidazole rings is 1. The van der Waals surface area contributed by atoms with Crippen molar-refractivity contribution in [3.05, 3.63) is 51.9 Å². The summed E-state index contributed by atoms with van der Waals surface area (Å²) in [6.07, 6.45) is 5.17. The minimum Gasteiger partial charge on any atom is -0.320 e. The molecule has 26 heavy (non-hydrogen) atoms. The molecule has 0 amide bonds. The Hall–Kier alpha value is -1.52. The van der Waals surface area contributed by atoms with Crippen molar-refractivity contribution in [2.45, 2.75) is 63.4 Å². The van der Waals surface area contributed by atoms with Crippen LogP contribution in [-0.2, 0) is 5.75 Å². The smallest absolute Gasteiger partial charge is 0.169 e. The van der Waals surface area contributed by atoms with Gasteiger partial charge in [-0.25, -0.2) is 4.98 Å². The van der Waals surface area contributed by atoms with E-state index >= 15 is 0 Å². The van der Waals surface area contributed by atoms with E-state index in [9.17, 15) is 0 Å². The quantitative estimate of drug-likeness (QED) is 0.485. The molecule has 1 aliphatic rings. The molecule has 0 unspecified atom stereocenters. The summed E-state index contributed by atoms with van der Waals surface area (Å²) >= 11 is 8.40. The molecule has 3 nitrogen and oxygen atoms in total. The first-order chi connectivity index (χ1) is 12.6. The molecule has 136 valence electrons. The number of halogens is 1. The van der Waals surface area contributed by atoms with Crippen molar-refractivity contribution in [1.29, 1.82) is 0 Å². The summed E-state index contributed by atoms with van der Waals surface area (Å²) in [6, 6.07) is 8.80. The fourth-order valence-corrected chi connectivity index (χ4v) is 5.33. The first-order valence-corrected chi connectivity index (χ1v) is 10.6. The highest BCUT2D eigenvalue weighted by molar-refractivity contribution is 7.98. The van der Waals surface area contributed by atoms with Crippen molar-refractivity contribution >= 4 is 34.3 Å². The van der Waals surface area contributed by atoms with Gasteiger partial charge >= 0.3 is 0 Å². The summed E-state index contributed by atoms with van der Waals surface area (Å²) in [7, 11) is 0. The molecule has 0 N–H and O–H groups in total. The molecular formula is C21H24ClN3S. The zero-order chi connectivity index (χ0) is 18.3. The summed E-state index contributed by atoms with van der Waals surface area (Å²) < 4.78 is 2.45. The van der Waals surface area contributed by atoms with E-state index in [-0.39, 0.29) is 0 Å². The highest BCUT2D eigenvalue weighted by atomic mass is 35.5. The van der Waals surface area contributed by atoms with Crippen LogP contribution in [-0.4, -0.2) is 14.5 Å². The Morgan fingerprint density at radius 3 is 2.62 bits per heavy atom. The largest absolute Gasteiger partial charge is 0.320 e. The van der Waals surface area contributed by atoms with Crippen LogP contribution in [0.1, 0.15) is 54.4 Å². The highest BCUT2D eigenvalue weighted by Gasteiger charge is 2.23. The molecule has 0 bridgehead atoms. The molecule has 3 aromatic rings. The third-order valence-corrected chi connectivity index (χ3v) is 6.99. The number of thioether (sulfide) groups is 1. The maximum absolute atomic E-state index is 6.64. The molecule has 0 saturated heterocycles. The summed E-state index contributed by atoms with van der Waals surface area (Å²) in [5.41, 5.74) is 5.50. The van der Waals surface area contributed by atoms with Crippen molar-refractivity contribution < 1.29 is 0 Å². The molecule has 0 spiro atoms. The maximum Gasteiger partial charge on any atom is 0.169 e. The number of aromatic nitrogens is 3. The number of benzene rings is 1. The third-order valence-electron chi connectivity index (χ3n) is 5.53. The SMILES string of the molecule is Cc1nc(SCc2nc3ccccc3c(C)c2Cl)n(C2CCCC2)c1C. The summed E-state index contributed by atoms with van der Waals surface area (Å²) in [4.78, 5) is 9.66. The van der Waals surface area contributed by atoms with Gasteiger partial charge in [-0.3, -0.25) is 4.98 Å². The molecule has 1 saturated carbocycles. The van der Waals surface area contributed by atoms with Crippen LogP contribution in [0.4, 0.5) is 0 Å². The molecule has 2 heterocycles. The van der Waals surface area contributed by atoms with Crippen molar-refractivity contribution in [1.82, 2.24) is 14.5 Å². The van der Waals surface area contributed by atoms with Gasteiger partial charge in [-0.15, -0.1) is 0 Å². The van der Waals surface area contributed by atoms with Crippen LogP contribution in [0.15, 0.2) is 29.4 Å². The minimum absolute atomic E-state index is 0.598. The molecule has 1 aromatic carbocycles. The molecule has 4 rings (SSSR count). The average Bonchev–Trinajstić information content (AvgIpc) is 3.25. The Morgan fingerprint density at radius 1 is 1.12 bits per heavy atom. The van der Waals surface area contributed by atoms with E-state index in [1.807, 2.05) is 12.1 Å². The highest BCUT2D eigenvalue weighted by Crippen LogP contribution is 2.37. The van der Waals surface area contributed by atoms with Gasteiger partial charge in [-0.2, -0.15) is 0 Å². The minimum atomic E-state index is 0.598. The number of fused-ring (bicyclic) bond motifs is 1. The normalized spacial score (nSPS) is 15.2. The summed E-state index contributed by atoms with van der Waals surface area (Å²) in [5, 5.41) is 3.02. The van der Waals surface area contributed by atoms with Crippen LogP contribution < -0.4 is 0 Å². The van der Waals surface area contributed by atoms with E-state index in [1.54, 1.807) is 11.8 Å². The van der Waals surface area contributed by atoms with Crippen molar-refractivity contribution in [2.24, 2.45) is 0 Å². The Kier molecular flexibility index (Phi) is 4.98. The van der Waals surface area contributed by atoms with Gasteiger partial charge in [0, 0.05) is 22.9 Å². The monoisotopic (exact) mass is 385 g/mol. The molecule has 2 aromatic heterocycles. The van der Waals surface area contributed by atoms with Crippen molar-refractivity contribution in [3.63, 3.8) is 0 Å². The second kappa shape index (κ2) is 7.24. The summed E-state index contributed by atoms with van der Waals surface area (Å²) in [5.74, 6) is 0.743. The number of nitrogens with zero attached hydrogens (tertiary/aromatic N) is 3. The van der Waals surface area contributed by atoms with E-state index in [1.165, 1.54) is 31.4 Å². The van der Waals surface area contributed by atoms with E-state index in [0.717, 1.165) is 43.8 Å². The first-order valence-electron chi connectivity index (χ1n) is 9.28. The lowest BCUT2D eigenvalue weighted by Gasteiger charge is -2.17. The number of para-hydroxylation sites is 1. The van der Waals surface area contributed by atoms with Gasteiger partial charge in [0.25, 0.3) is 0 Å². The van der Waals surface area contributed by atoms with Crippen molar-refractivity contribution in [3.8, 4) is 0 Å². The van der Waals surface area contributed by atoms with Gasteiger partial charge in [-0.1, -0.05) is 54.4 Å². The van der Waals surface area contributed by atoms with Gasteiger partial charge in [-0.05, 0) is 45.2 Å². The molecular weight excluding hydrogens is 362 g/mol. The van der Waals surface area contributed by atoms with Gasteiger partial charge in [0.1, 0.15) is 0 Å². The molecule has 0 aliphatic heterocycles. The van der Waals surface area contributed by atoms with Crippen LogP contribution in [0.5, 0.6) is 0 Å². The lowest BCUT2D eigenvalue weighted by Crippen LogP contribution is -2.08. The van der Waals surface area contributed by atoms with Crippen LogP contribution in [0, 0.1) is 20.8 Å². The number of rotatable bonds is 4. The molecule has 0 radical (unpaired) electrons. The van der Waals surface area contributed by atoms with Crippen LogP contribution >= 0.6 is 23.4 Å². The Bertz CT molecular complexity index is 958. The fraction of sp³-hybridized carbons (Fsp3) is 0.429. The fourth-order valence-electron chi connectivity index (χ4n) is 3.94. The third kappa shape index (κ3) is 3.14. The Labute approximate surface area is 164 Å². The summed E-state index contributed by atoms with van der Waals surface area (Å²) in [6.45, 7) is 6.38. The van der Waals surface area contributed by atoms with Crippen LogP contribution in [0.2, 0.25) is 5.02 Å². The van der Waals surface area contributed by atoms with Crippen LogP contribution in [0.25, 0.3) is 10.9 Å². The molecule has 5 heteroatoms. The predicted molar refractivity (Wildman–Crippen MR) is 110 cm³/mol. The van der Waals surface area contributed by atoms with E-state index < -0.39 is 0 Å². The van der Waals surface area contributed by atoms with Gasteiger partial charge in [0.2, 0.25) is 0 Å². The number of aryl methyl sites for hydroxylation is 2. The Balaban J connectivity index is 1.65. The standard InChI is InChI=1S/C21H24ClN3S/c1-13-17-10-6-7-11-18(17)24-19(20(13)22)12-26-21-23-14(2)15(3)25(21)16-8-4-5-9-16/h6-7,10-11,16H,4-5,8-9,12H2,1-3H3. The van der Waals surface area contributed by atoms with E-state index in [0.29, 0.717) is 6.04 Å². The molecule has 1 fully saturated rings. The lowest BCUT2D eigenvalue weighted by atomic mass is 10.1. The second-order valence-electron chi connectivity index (χ2n) is 7.18. The average molecular weight is 386 g/mol. The first kappa shape index (κ1) is 17.9. The topological polar surface area (TPSA) is 30.7 Å². The van der Waals surface area contributed by atoms with Gasteiger partial charge in [0.15, 0.2) is 5.16 Å². The number of hydrogen-bond acceptors (Lipinski definition) is 3. The second-order valence-corrected chi connectivity index (χ2v) is 8.50. The number of pyridine rings is 1. The maximum atomic E-state index is 6.64. The lowest BCUT2D eigenvalue weighted by molar-refractivity contribution is 0.471. The van der Waals surface area contributed by atoms with E-state index in [2.05, 4.69) is 37.5 Å². The van der Waals surface area contributed by atoms with Crippen molar-refractivity contribution in [2.75, 3.05) is 0 Å². The Morgan fingerprint density at radius 2 is 1.85 bits per heavy atom. The van der Waals surface area contributed by atoms with Crippen LogP contribution in [0.3, 0.4) is 0 Å². The number of hydrogen-bond donors (Lipinski definition) is 0. The zero-order valence-corrected chi connectivity index (χ0v) is 17.1. The predicted octanol–water partition coefficient (Wildman–Crippen LogP) is 6.42. The molecule has 0 atom stereocenters. The van der Waals surface area contributed by atoms with E-state index in [4.69, 9.17) is 21.6 Å². The zero-order valence-electron chi connectivity index (χ0n) is 15.6. The van der Waals surface area contributed by atoms with Gasteiger partial charge < -0.3 is 4.57 Å². The molecule has 1 aliphatic carbocycles.